The maximum atomic E-state index is 12.0. The van der Waals surface area contributed by atoms with Crippen molar-refractivity contribution in [2.24, 2.45) is 5.92 Å². The van der Waals surface area contributed by atoms with Gasteiger partial charge < -0.3 is 14.9 Å². The second kappa shape index (κ2) is 6.63. The van der Waals surface area contributed by atoms with Crippen molar-refractivity contribution < 1.29 is 19.5 Å². The van der Waals surface area contributed by atoms with Crippen molar-refractivity contribution in [3.8, 4) is 0 Å². The fourth-order valence-electron chi connectivity index (χ4n) is 1.62. The molecule has 1 aliphatic rings. The second-order valence-corrected chi connectivity index (χ2v) is 5.20. The number of carbonyl (C=O) groups is 3. The number of carboxylic acid groups (broad SMARTS) is 1. The first-order valence-corrected chi connectivity index (χ1v) is 6.97. The number of hydrogen-bond donors (Lipinski definition) is 1. The lowest BCUT2D eigenvalue weighted by Gasteiger charge is -2.25. The molecule has 1 aliphatic heterocycles. The summed E-state index contributed by atoms with van der Waals surface area (Å²) >= 11 is 1.48. The number of carboxylic acids is 1. The SMILES string of the molecule is CCN(CC(C)C(=O)O)C(=O)CN1CSCC1=O. The van der Waals surface area contributed by atoms with E-state index in [1.807, 2.05) is 0 Å². The summed E-state index contributed by atoms with van der Waals surface area (Å²) in [5.74, 6) is -0.787. The third kappa shape index (κ3) is 3.90. The van der Waals surface area contributed by atoms with Crippen LogP contribution in [0.25, 0.3) is 0 Å². The Balaban J connectivity index is 2.51. The third-order valence-electron chi connectivity index (χ3n) is 2.80. The lowest BCUT2D eigenvalue weighted by atomic mass is 10.1. The molecule has 1 unspecified atom stereocenters. The molecule has 1 fully saturated rings. The van der Waals surface area contributed by atoms with Gasteiger partial charge in [0.15, 0.2) is 0 Å². The van der Waals surface area contributed by atoms with Crippen LogP contribution in [-0.4, -0.2) is 64.0 Å². The van der Waals surface area contributed by atoms with Crippen molar-refractivity contribution in [3.05, 3.63) is 0 Å². The minimum atomic E-state index is -0.922. The predicted octanol–water partition coefficient (Wildman–Crippen LogP) is 0.0885. The van der Waals surface area contributed by atoms with Crippen LogP contribution in [0.3, 0.4) is 0 Å². The van der Waals surface area contributed by atoms with Crippen LogP contribution in [-0.2, 0) is 14.4 Å². The van der Waals surface area contributed by atoms with Crippen LogP contribution in [0.2, 0.25) is 0 Å². The standard InChI is InChI=1S/C11H18N2O4S/c1-3-12(4-8(2)11(16)17)9(14)5-13-7-18-6-10(13)15/h8H,3-7H2,1-2H3,(H,16,17). The van der Waals surface area contributed by atoms with E-state index < -0.39 is 11.9 Å². The highest BCUT2D eigenvalue weighted by molar-refractivity contribution is 8.00. The topological polar surface area (TPSA) is 77.9 Å². The number of aliphatic carboxylic acids is 1. The minimum Gasteiger partial charge on any atom is -0.481 e. The van der Waals surface area contributed by atoms with Crippen molar-refractivity contribution >= 4 is 29.5 Å². The van der Waals surface area contributed by atoms with Crippen molar-refractivity contribution in [1.29, 1.82) is 0 Å². The summed E-state index contributed by atoms with van der Waals surface area (Å²) in [7, 11) is 0. The van der Waals surface area contributed by atoms with E-state index in [0.29, 0.717) is 18.2 Å². The van der Waals surface area contributed by atoms with E-state index in [1.165, 1.54) is 21.6 Å². The van der Waals surface area contributed by atoms with Crippen molar-refractivity contribution in [2.45, 2.75) is 13.8 Å². The average molecular weight is 274 g/mol. The Hall–Kier alpha value is -1.24. The molecule has 0 aromatic rings. The van der Waals surface area contributed by atoms with Gasteiger partial charge in [-0.05, 0) is 6.92 Å². The zero-order valence-corrected chi connectivity index (χ0v) is 11.4. The molecule has 1 rings (SSSR count). The summed E-state index contributed by atoms with van der Waals surface area (Å²) in [5.41, 5.74) is 0. The van der Waals surface area contributed by atoms with E-state index in [2.05, 4.69) is 0 Å². The Labute approximate surface area is 110 Å². The van der Waals surface area contributed by atoms with Crippen LogP contribution >= 0.6 is 11.8 Å². The van der Waals surface area contributed by atoms with Gasteiger partial charge in [-0.15, -0.1) is 11.8 Å². The van der Waals surface area contributed by atoms with Crippen molar-refractivity contribution in [3.63, 3.8) is 0 Å². The Morgan fingerprint density at radius 1 is 1.56 bits per heavy atom. The van der Waals surface area contributed by atoms with Gasteiger partial charge in [0.2, 0.25) is 11.8 Å². The number of rotatable bonds is 6. The fourth-order valence-corrected chi connectivity index (χ4v) is 2.52. The van der Waals surface area contributed by atoms with Gasteiger partial charge in [0.1, 0.15) is 6.54 Å². The second-order valence-electron chi connectivity index (χ2n) is 4.24. The number of carbonyl (C=O) groups excluding carboxylic acids is 2. The largest absolute Gasteiger partial charge is 0.481 e. The molecule has 0 bridgehead atoms. The molecule has 0 aromatic carbocycles. The Bertz CT molecular complexity index is 348. The van der Waals surface area contributed by atoms with Crippen molar-refractivity contribution in [1.82, 2.24) is 9.80 Å². The molecule has 0 radical (unpaired) electrons. The molecule has 0 aromatic heterocycles. The van der Waals surface area contributed by atoms with Gasteiger partial charge >= 0.3 is 5.97 Å². The van der Waals surface area contributed by atoms with E-state index in [0.717, 1.165) is 0 Å². The highest BCUT2D eigenvalue weighted by Crippen LogP contribution is 2.14. The van der Waals surface area contributed by atoms with E-state index in [4.69, 9.17) is 5.11 Å². The maximum Gasteiger partial charge on any atom is 0.308 e. The van der Waals surface area contributed by atoms with Gasteiger partial charge in [-0.25, -0.2) is 0 Å². The number of nitrogens with zero attached hydrogens (tertiary/aromatic N) is 2. The van der Waals surface area contributed by atoms with Crippen LogP contribution < -0.4 is 0 Å². The van der Waals surface area contributed by atoms with E-state index in [-0.39, 0.29) is 24.9 Å². The smallest absolute Gasteiger partial charge is 0.308 e. The number of amides is 2. The first-order chi connectivity index (χ1) is 8.45. The Morgan fingerprint density at radius 3 is 2.67 bits per heavy atom. The molecule has 2 amide bonds. The summed E-state index contributed by atoms with van der Waals surface area (Å²) in [5, 5.41) is 8.83. The third-order valence-corrected chi connectivity index (χ3v) is 3.75. The molecule has 6 nitrogen and oxygen atoms in total. The van der Waals surface area contributed by atoms with E-state index >= 15 is 0 Å². The minimum absolute atomic E-state index is 0.0318. The predicted molar refractivity (Wildman–Crippen MR) is 68.1 cm³/mol. The normalized spacial score (nSPS) is 16.8. The molecule has 0 saturated carbocycles. The lowest BCUT2D eigenvalue weighted by molar-refractivity contribution is -0.144. The average Bonchev–Trinajstić information content (AvgIpc) is 2.71. The number of hydrogen-bond acceptors (Lipinski definition) is 4. The summed E-state index contributed by atoms with van der Waals surface area (Å²) in [4.78, 5) is 37.1. The summed E-state index contributed by atoms with van der Waals surface area (Å²) in [6.07, 6.45) is 0. The zero-order chi connectivity index (χ0) is 13.7. The molecule has 0 aliphatic carbocycles. The first-order valence-electron chi connectivity index (χ1n) is 5.81. The fraction of sp³-hybridized carbons (Fsp3) is 0.727. The molecule has 1 atom stereocenters. The zero-order valence-electron chi connectivity index (χ0n) is 10.6. The van der Waals surface area contributed by atoms with Gasteiger partial charge in [0.25, 0.3) is 0 Å². The van der Waals surface area contributed by atoms with E-state index in [9.17, 15) is 14.4 Å². The highest BCUT2D eigenvalue weighted by atomic mass is 32.2. The summed E-state index contributed by atoms with van der Waals surface area (Å²) < 4.78 is 0. The molecule has 0 spiro atoms. The molecular weight excluding hydrogens is 256 g/mol. The highest BCUT2D eigenvalue weighted by Gasteiger charge is 2.26. The Kier molecular flexibility index (Phi) is 5.46. The molecular formula is C11H18N2O4S. The van der Waals surface area contributed by atoms with Crippen LogP contribution in [0.1, 0.15) is 13.8 Å². The Morgan fingerprint density at radius 2 is 2.22 bits per heavy atom. The molecule has 18 heavy (non-hydrogen) atoms. The van der Waals surface area contributed by atoms with E-state index in [1.54, 1.807) is 13.8 Å². The lowest BCUT2D eigenvalue weighted by Crippen LogP contribution is -2.43. The number of likely N-dealkylation sites (N-methyl/N-ethyl adjacent to an activating group) is 1. The van der Waals surface area contributed by atoms with Gasteiger partial charge in [-0.3, -0.25) is 14.4 Å². The van der Waals surface area contributed by atoms with Gasteiger partial charge in [-0.1, -0.05) is 6.92 Å². The molecule has 1 N–H and O–H groups in total. The van der Waals surface area contributed by atoms with Crippen LogP contribution in [0.15, 0.2) is 0 Å². The molecule has 1 heterocycles. The van der Waals surface area contributed by atoms with Crippen LogP contribution in [0, 0.1) is 5.92 Å². The summed E-state index contributed by atoms with van der Waals surface area (Å²) in [6, 6.07) is 0. The van der Waals surface area contributed by atoms with Crippen LogP contribution in [0.5, 0.6) is 0 Å². The van der Waals surface area contributed by atoms with Crippen LogP contribution in [0.4, 0.5) is 0 Å². The maximum absolute atomic E-state index is 12.0. The van der Waals surface area contributed by atoms with Crippen molar-refractivity contribution in [2.75, 3.05) is 31.3 Å². The van der Waals surface area contributed by atoms with Gasteiger partial charge in [-0.2, -0.15) is 0 Å². The molecule has 7 heteroatoms. The van der Waals surface area contributed by atoms with Gasteiger partial charge in [0, 0.05) is 13.1 Å². The first kappa shape index (κ1) is 14.8. The number of thioether (sulfide) groups is 1. The quantitative estimate of drug-likeness (QED) is 0.742. The van der Waals surface area contributed by atoms with Gasteiger partial charge in [0.05, 0.1) is 17.5 Å². The monoisotopic (exact) mass is 274 g/mol. The molecule has 102 valence electrons. The molecule has 1 saturated heterocycles. The summed E-state index contributed by atoms with van der Waals surface area (Å²) in [6.45, 7) is 4.04.